The topological polar surface area (TPSA) is 14.5 Å². The Morgan fingerprint density at radius 1 is 0.324 bits per heavy atom. The highest BCUT2D eigenvalue weighted by molar-refractivity contribution is 5.80. The van der Waals surface area contributed by atoms with E-state index in [-0.39, 0.29) is 0 Å². The average molecular weight is 477 g/mol. The highest BCUT2D eigenvalue weighted by atomic mass is 16.3. The van der Waals surface area contributed by atoms with E-state index < -0.39 is 0 Å². The van der Waals surface area contributed by atoms with Crippen molar-refractivity contribution >= 4 is 17.1 Å². The van der Waals surface area contributed by atoms with E-state index in [2.05, 4.69) is 114 Å². The summed E-state index contributed by atoms with van der Waals surface area (Å²) in [5, 5.41) is 0. The molecule has 2 nitrogen and oxygen atoms in total. The van der Waals surface area contributed by atoms with Crippen molar-refractivity contribution in [2.75, 3.05) is 4.90 Å². The summed E-state index contributed by atoms with van der Waals surface area (Å²) >= 11 is 0. The van der Waals surface area contributed by atoms with Gasteiger partial charge in [-0.3, -0.25) is 0 Å². The van der Waals surface area contributed by atoms with Crippen LogP contribution < -0.4 is 4.90 Å². The first-order chi connectivity index (χ1) is 18.3. The van der Waals surface area contributed by atoms with Gasteiger partial charge in [-0.15, -0.1) is 0 Å². The van der Waals surface area contributed by atoms with Crippen molar-refractivity contribution in [3.8, 4) is 33.8 Å². The van der Waals surface area contributed by atoms with Crippen LogP contribution >= 0.6 is 0 Å². The Morgan fingerprint density at radius 3 is 1.14 bits per heavy atom. The van der Waals surface area contributed by atoms with Crippen LogP contribution in [0.1, 0.15) is 0 Å². The first-order valence-corrected chi connectivity index (χ1v) is 12.4. The van der Waals surface area contributed by atoms with E-state index >= 15 is 0 Å². The molecule has 0 saturated heterocycles. The van der Waals surface area contributed by atoms with E-state index in [4.69, 9.17) is 4.42 Å². The van der Waals surface area contributed by atoms with E-state index in [1.54, 1.807) is 0 Å². The van der Waals surface area contributed by atoms with E-state index in [1.165, 1.54) is 0 Å². The van der Waals surface area contributed by atoms with Crippen molar-refractivity contribution < 1.29 is 4.42 Å². The Kier molecular flexibility index (Phi) is 6.30. The summed E-state index contributed by atoms with van der Waals surface area (Å²) in [5.41, 5.74) is 7.70. The maximum atomic E-state index is 6.38. The third kappa shape index (κ3) is 4.91. The van der Waals surface area contributed by atoms with Gasteiger partial charge < -0.3 is 4.90 Å². The van der Waals surface area contributed by atoms with Gasteiger partial charge in [0.25, 0.3) is 0 Å². The molecule has 176 valence electrons. The van der Waals surface area contributed by atoms with Gasteiger partial charge in [0.2, 0.25) is 0 Å². The van der Waals surface area contributed by atoms with Gasteiger partial charge in [0, 0.05) is 22.6 Å². The quantitative estimate of drug-likeness (QED) is 0.222. The summed E-state index contributed by atoms with van der Waals surface area (Å²) in [4.78, 5) is 2.27. The number of anilines is 3. The zero-order valence-electron chi connectivity index (χ0n) is 20.4. The van der Waals surface area contributed by atoms with Gasteiger partial charge in [0.1, 0.15) is 0 Å². The molecule has 6 aromatic rings. The lowest BCUT2D eigenvalue weighted by Gasteiger charge is -2.25. The van der Waals surface area contributed by atoms with Crippen LogP contribution in [-0.4, -0.2) is 0 Å². The first kappa shape index (κ1) is 22.5. The fourth-order valence-electron chi connectivity index (χ4n) is 4.56. The van der Waals surface area contributed by atoms with Gasteiger partial charge in [-0.25, -0.2) is 4.42 Å². The van der Waals surface area contributed by atoms with Crippen LogP contribution in [0, 0.1) is 0 Å². The molecule has 5 aromatic carbocycles. The Hall–Kier alpha value is -4.95. The van der Waals surface area contributed by atoms with Crippen molar-refractivity contribution in [1.29, 1.82) is 0 Å². The monoisotopic (exact) mass is 476 g/mol. The Bertz CT molecular complexity index is 1480. The van der Waals surface area contributed by atoms with Gasteiger partial charge in [-0.1, -0.05) is 84.9 Å². The molecule has 0 unspecified atom stereocenters. The minimum Gasteiger partial charge on any atom is -0.311 e. The molecule has 1 aromatic heterocycles. The van der Waals surface area contributed by atoms with E-state index in [0.29, 0.717) is 0 Å². The summed E-state index contributed by atoms with van der Waals surface area (Å²) in [7, 11) is 0. The zero-order valence-corrected chi connectivity index (χ0v) is 20.4. The second kappa shape index (κ2) is 10.3. The van der Waals surface area contributed by atoms with Crippen molar-refractivity contribution in [2.45, 2.75) is 0 Å². The highest BCUT2D eigenvalue weighted by Crippen LogP contribution is 2.37. The van der Waals surface area contributed by atoms with Crippen LogP contribution in [-0.2, 0) is 0 Å². The Morgan fingerprint density at radius 2 is 0.703 bits per heavy atom. The summed E-state index contributed by atoms with van der Waals surface area (Å²) in [6, 6.07) is 54.5. The number of rotatable bonds is 6. The second-order valence-corrected chi connectivity index (χ2v) is 8.86. The molecule has 1 heterocycles. The minimum atomic E-state index is 0.844. The smallest absolute Gasteiger partial charge is 0.311 e. The molecule has 37 heavy (non-hydrogen) atoms. The number of nitrogens with zero attached hydrogens (tertiary/aromatic N) is 1. The van der Waals surface area contributed by atoms with E-state index in [0.717, 1.165) is 50.8 Å². The van der Waals surface area contributed by atoms with Gasteiger partial charge >= 0.3 is 11.5 Å². The summed E-state index contributed by atoms with van der Waals surface area (Å²) in [6.45, 7) is 0. The molecule has 0 radical (unpaired) electrons. The van der Waals surface area contributed by atoms with E-state index in [1.807, 2.05) is 48.5 Å². The van der Waals surface area contributed by atoms with Crippen LogP contribution in [0.5, 0.6) is 0 Å². The molecule has 2 heteroatoms. The number of para-hydroxylation sites is 2. The number of hydrogen-bond donors (Lipinski definition) is 0. The van der Waals surface area contributed by atoms with Crippen molar-refractivity contribution in [2.24, 2.45) is 0 Å². The van der Waals surface area contributed by atoms with Crippen molar-refractivity contribution in [3.63, 3.8) is 0 Å². The molecule has 0 saturated carbocycles. The van der Waals surface area contributed by atoms with Crippen LogP contribution in [0.4, 0.5) is 17.1 Å². The van der Waals surface area contributed by atoms with Gasteiger partial charge in [0.15, 0.2) is 0 Å². The third-order valence-electron chi connectivity index (χ3n) is 6.40. The van der Waals surface area contributed by atoms with Crippen molar-refractivity contribution in [3.05, 3.63) is 158 Å². The molecule has 0 fully saturated rings. The van der Waals surface area contributed by atoms with Gasteiger partial charge in [-0.2, -0.15) is 0 Å². The predicted octanol–water partition coefficient (Wildman–Crippen LogP) is 10.0. The van der Waals surface area contributed by atoms with Gasteiger partial charge in [-0.05, 0) is 66.2 Å². The maximum Gasteiger partial charge on any atom is 0.361 e. The van der Waals surface area contributed by atoms with Crippen LogP contribution in [0.3, 0.4) is 0 Å². The van der Waals surface area contributed by atoms with E-state index in [9.17, 15) is 0 Å². The standard InChI is InChI=1S/C35H26NO/c1-5-13-28(14-6-1)34-25-30(26-35(37-34)29-15-7-2-8-16-29)27-21-23-33(24-22-27)36(31-17-9-3-10-18-31)32-19-11-4-12-20-32/h1-26H/q+1. The molecule has 0 atom stereocenters. The SMILES string of the molecule is c1ccc(-c2cc(-c3ccc(N(c4ccccc4)c4ccccc4)cc3)cc(-c3ccccc3)[o+]2)cc1. The molecule has 0 aliphatic rings. The second-order valence-electron chi connectivity index (χ2n) is 8.86. The predicted molar refractivity (Wildman–Crippen MR) is 154 cm³/mol. The van der Waals surface area contributed by atoms with Crippen LogP contribution in [0.2, 0.25) is 0 Å². The average Bonchev–Trinajstić information content (AvgIpc) is 2.99. The Labute approximate surface area is 217 Å². The number of hydrogen-bond acceptors (Lipinski definition) is 1. The largest absolute Gasteiger partial charge is 0.361 e. The van der Waals surface area contributed by atoms with Crippen LogP contribution in [0.25, 0.3) is 33.8 Å². The lowest BCUT2D eigenvalue weighted by molar-refractivity contribution is 0.582. The third-order valence-corrected chi connectivity index (χ3v) is 6.40. The molecule has 0 bridgehead atoms. The van der Waals surface area contributed by atoms with Gasteiger partial charge in [0.05, 0.1) is 23.3 Å². The lowest BCUT2D eigenvalue weighted by Crippen LogP contribution is -2.09. The summed E-state index contributed by atoms with van der Waals surface area (Å²) in [5.74, 6) is 1.69. The highest BCUT2D eigenvalue weighted by Gasteiger charge is 2.20. The minimum absolute atomic E-state index is 0.844. The molecule has 6 rings (SSSR count). The molecule has 0 aliphatic carbocycles. The molecule has 0 amide bonds. The number of benzene rings is 5. The van der Waals surface area contributed by atoms with Crippen LogP contribution in [0.15, 0.2) is 162 Å². The first-order valence-electron chi connectivity index (χ1n) is 12.4. The lowest BCUT2D eigenvalue weighted by atomic mass is 10.0. The molecular weight excluding hydrogens is 450 g/mol. The molecule has 0 N–H and O–H groups in total. The fourth-order valence-corrected chi connectivity index (χ4v) is 4.56. The van der Waals surface area contributed by atoms with Crippen molar-refractivity contribution in [1.82, 2.24) is 0 Å². The molecular formula is C35H26NO+. The summed E-state index contributed by atoms with van der Waals surface area (Å²) in [6.07, 6.45) is 0. The zero-order chi connectivity index (χ0) is 24.9. The summed E-state index contributed by atoms with van der Waals surface area (Å²) < 4.78 is 6.38. The Balaban J connectivity index is 1.43. The fraction of sp³-hybridized carbons (Fsp3) is 0. The normalized spacial score (nSPS) is 10.7. The maximum absolute atomic E-state index is 6.38. The molecule has 0 aliphatic heterocycles. The molecule has 0 spiro atoms.